The summed E-state index contributed by atoms with van der Waals surface area (Å²) in [4.78, 5) is 23.8. The highest BCUT2D eigenvalue weighted by molar-refractivity contribution is 8.32. The third-order valence-corrected chi connectivity index (χ3v) is 7.39. The second-order valence-electron chi connectivity index (χ2n) is 11.2. The zero-order chi connectivity index (χ0) is 25.9. The molecular weight excluding hydrogens is 480 g/mol. The molecule has 9 nitrogen and oxygen atoms in total. The van der Waals surface area contributed by atoms with E-state index in [0.717, 1.165) is 34.5 Å². The minimum absolute atomic E-state index is 0.00167. The highest BCUT2D eigenvalue weighted by Gasteiger charge is 2.26. The lowest BCUT2D eigenvalue weighted by Gasteiger charge is -2.29. The smallest absolute Gasteiger partial charge is 0.410 e. The van der Waals surface area contributed by atoms with E-state index in [4.69, 9.17) is 28.9 Å². The van der Waals surface area contributed by atoms with E-state index >= 15 is 0 Å². The molecule has 36 heavy (non-hydrogen) atoms. The Bertz CT molecular complexity index is 1100. The summed E-state index contributed by atoms with van der Waals surface area (Å²) in [6.45, 7) is 9.11. The van der Waals surface area contributed by atoms with Gasteiger partial charge in [0.05, 0.1) is 26.0 Å². The van der Waals surface area contributed by atoms with Crippen LogP contribution >= 0.6 is 10.0 Å². The number of hydrogen-bond acceptors (Lipinski definition) is 7. The van der Waals surface area contributed by atoms with Gasteiger partial charge in [0.1, 0.15) is 24.0 Å². The van der Waals surface area contributed by atoms with Crippen molar-refractivity contribution in [3.05, 3.63) is 24.0 Å². The van der Waals surface area contributed by atoms with E-state index in [-0.39, 0.29) is 12.2 Å². The molecule has 1 atom stereocenters. The Morgan fingerprint density at radius 3 is 2.72 bits per heavy atom. The first-order chi connectivity index (χ1) is 17.0. The third-order valence-electron chi connectivity index (χ3n) is 6.00. The van der Waals surface area contributed by atoms with Gasteiger partial charge >= 0.3 is 6.09 Å². The maximum atomic E-state index is 12.5. The van der Waals surface area contributed by atoms with E-state index in [1.807, 2.05) is 25.3 Å². The van der Waals surface area contributed by atoms with Gasteiger partial charge in [-0.25, -0.2) is 24.8 Å². The van der Waals surface area contributed by atoms with Crippen LogP contribution in [0.1, 0.15) is 39.2 Å². The minimum Gasteiger partial charge on any atom is -0.471 e. The molecule has 4 rings (SSSR count). The molecule has 2 aromatic rings. The zero-order valence-corrected chi connectivity index (χ0v) is 23.2. The van der Waals surface area contributed by atoms with Crippen molar-refractivity contribution < 1.29 is 23.7 Å². The molecule has 0 aliphatic carbocycles. The average Bonchev–Trinajstić information content (AvgIpc) is 3.43. The molecule has 0 unspecified atom stereocenters. The lowest BCUT2D eigenvalue weighted by molar-refractivity contribution is 0.0270. The standard InChI is InChI=1S/C26H40N4O5S/c1-26(2,3)35-25(31)29-10-7-19(8-11-29)21-16-30(18-33-13-14-36(4,5)6)24-23(21)28-22(15-27-24)34-20-9-12-32-17-20/h7,15-16,20H,8-14,17-18H2,1-6H3/t20-/m1/s1. The second kappa shape index (κ2) is 11.0. The van der Waals surface area contributed by atoms with Crippen molar-refractivity contribution >= 4 is 32.9 Å². The molecule has 200 valence electrons. The van der Waals surface area contributed by atoms with Crippen LogP contribution in [-0.2, 0) is 20.9 Å². The summed E-state index contributed by atoms with van der Waals surface area (Å²) in [5.41, 5.74) is 3.17. The van der Waals surface area contributed by atoms with Crippen LogP contribution < -0.4 is 4.74 Å². The van der Waals surface area contributed by atoms with Crippen LogP contribution in [0.2, 0.25) is 0 Å². The summed E-state index contributed by atoms with van der Waals surface area (Å²) in [5, 5.41) is 0. The first kappa shape index (κ1) is 26.8. The number of aromatic nitrogens is 3. The lowest BCUT2D eigenvalue weighted by Crippen LogP contribution is -2.39. The second-order valence-corrected chi connectivity index (χ2v) is 15.8. The maximum Gasteiger partial charge on any atom is 0.410 e. The van der Waals surface area contributed by atoms with Gasteiger partial charge in [-0.2, -0.15) is 0 Å². The van der Waals surface area contributed by atoms with E-state index in [1.165, 1.54) is 0 Å². The molecule has 0 spiro atoms. The Kier molecular flexibility index (Phi) is 8.16. The molecule has 0 saturated carbocycles. The molecule has 0 aromatic carbocycles. The fourth-order valence-electron chi connectivity index (χ4n) is 4.08. The maximum absolute atomic E-state index is 12.5. The molecule has 1 saturated heterocycles. The first-order valence-corrected chi connectivity index (χ1v) is 15.5. The normalized spacial score (nSPS) is 19.4. The Hall–Kier alpha value is -2.30. The lowest BCUT2D eigenvalue weighted by atomic mass is 10.0. The van der Waals surface area contributed by atoms with Gasteiger partial charge in [0.15, 0.2) is 5.65 Å². The number of rotatable bonds is 8. The first-order valence-electron chi connectivity index (χ1n) is 12.5. The summed E-state index contributed by atoms with van der Waals surface area (Å²) >= 11 is 0. The van der Waals surface area contributed by atoms with Crippen LogP contribution in [-0.4, -0.2) is 94.7 Å². The highest BCUT2D eigenvalue weighted by Crippen LogP contribution is 2.34. The SMILES string of the molecule is CC(C)(C)OC(=O)N1CC=C(c2cn(COCCS(C)(C)C)c3ncc(O[C@@H]4CCOC4)nc23)CC1. The summed E-state index contributed by atoms with van der Waals surface area (Å²) in [6, 6.07) is 0. The Morgan fingerprint density at radius 2 is 2.08 bits per heavy atom. The monoisotopic (exact) mass is 520 g/mol. The number of fused-ring (bicyclic) bond motifs is 1. The molecule has 0 radical (unpaired) electrons. The van der Waals surface area contributed by atoms with Crippen molar-refractivity contribution in [3.63, 3.8) is 0 Å². The quantitative estimate of drug-likeness (QED) is 0.480. The van der Waals surface area contributed by atoms with Gasteiger partial charge in [-0.15, -0.1) is 0 Å². The molecule has 10 heteroatoms. The van der Waals surface area contributed by atoms with Crippen molar-refractivity contribution in [2.45, 2.75) is 52.0 Å². The molecule has 1 amide bonds. The van der Waals surface area contributed by atoms with E-state index in [2.05, 4.69) is 31.0 Å². The third kappa shape index (κ3) is 7.14. The summed E-state index contributed by atoms with van der Waals surface area (Å²) < 4.78 is 25.0. The van der Waals surface area contributed by atoms with Crippen LogP contribution in [0.3, 0.4) is 0 Å². The summed E-state index contributed by atoms with van der Waals surface area (Å²) in [5.74, 6) is 1.55. The Labute approximate surface area is 215 Å². The number of ether oxygens (including phenoxy) is 4. The van der Waals surface area contributed by atoms with Crippen molar-refractivity contribution in [3.8, 4) is 5.88 Å². The topological polar surface area (TPSA) is 87.9 Å². The molecule has 2 aliphatic heterocycles. The van der Waals surface area contributed by atoms with Crippen LogP contribution in [0.15, 0.2) is 18.5 Å². The van der Waals surface area contributed by atoms with E-state index in [9.17, 15) is 4.79 Å². The summed E-state index contributed by atoms with van der Waals surface area (Å²) in [6.07, 6.45) is 14.0. The van der Waals surface area contributed by atoms with Gasteiger partial charge in [-0.1, -0.05) is 6.08 Å². The van der Waals surface area contributed by atoms with Gasteiger partial charge in [0.25, 0.3) is 0 Å². The molecule has 0 bridgehead atoms. The number of amides is 1. The number of nitrogens with zero attached hydrogens (tertiary/aromatic N) is 4. The van der Waals surface area contributed by atoms with Crippen LogP contribution in [0.25, 0.3) is 16.7 Å². The Balaban J connectivity index is 1.56. The van der Waals surface area contributed by atoms with Crippen molar-refractivity contribution in [1.29, 1.82) is 0 Å². The van der Waals surface area contributed by atoms with Crippen LogP contribution in [0.5, 0.6) is 5.88 Å². The number of carbonyl (C=O) groups excluding carboxylic acids is 1. The molecule has 2 aromatic heterocycles. The fraction of sp³-hybridized carbons (Fsp3) is 0.654. The molecular formula is C26H40N4O5S. The van der Waals surface area contributed by atoms with E-state index in [0.29, 0.717) is 51.9 Å². The van der Waals surface area contributed by atoms with Crippen molar-refractivity contribution in [1.82, 2.24) is 19.4 Å². The number of hydrogen-bond donors (Lipinski definition) is 0. The predicted molar refractivity (Wildman–Crippen MR) is 144 cm³/mol. The number of carbonyl (C=O) groups is 1. The predicted octanol–water partition coefficient (Wildman–Crippen LogP) is 4.29. The van der Waals surface area contributed by atoms with Gasteiger partial charge < -0.3 is 28.4 Å². The van der Waals surface area contributed by atoms with Gasteiger partial charge in [0.2, 0.25) is 5.88 Å². The van der Waals surface area contributed by atoms with Crippen molar-refractivity contribution in [2.75, 3.05) is 57.4 Å². The molecule has 1 fully saturated rings. The van der Waals surface area contributed by atoms with Gasteiger partial charge in [-0.05, 0) is 51.5 Å². The molecule has 2 aliphatic rings. The zero-order valence-electron chi connectivity index (χ0n) is 22.4. The molecule has 4 heterocycles. The van der Waals surface area contributed by atoms with Crippen LogP contribution in [0, 0.1) is 0 Å². The van der Waals surface area contributed by atoms with Gasteiger partial charge in [0, 0.05) is 37.0 Å². The van der Waals surface area contributed by atoms with E-state index < -0.39 is 15.6 Å². The Morgan fingerprint density at radius 1 is 1.28 bits per heavy atom. The van der Waals surface area contributed by atoms with E-state index in [1.54, 1.807) is 11.1 Å². The summed E-state index contributed by atoms with van der Waals surface area (Å²) in [7, 11) is -0.615. The molecule has 0 N–H and O–H groups in total. The van der Waals surface area contributed by atoms with Gasteiger partial charge in [-0.3, -0.25) is 0 Å². The largest absolute Gasteiger partial charge is 0.471 e. The van der Waals surface area contributed by atoms with Crippen molar-refractivity contribution in [2.24, 2.45) is 0 Å². The fourth-order valence-corrected chi connectivity index (χ4v) is 4.70. The minimum atomic E-state index is -0.615. The average molecular weight is 521 g/mol. The highest BCUT2D eigenvalue weighted by atomic mass is 32.3. The van der Waals surface area contributed by atoms with Crippen LogP contribution in [0.4, 0.5) is 4.79 Å².